The van der Waals surface area contributed by atoms with Crippen molar-refractivity contribution in [1.82, 2.24) is 0 Å². The van der Waals surface area contributed by atoms with Gasteiger partial charge in [-0.1, -0.05) is 63.1 Å². The Kier molecular flexibility index (Phi) is 6.57. The molecule has 1 fully saturated rings. The van der Waals surface area contributed by atoms with Crippen molar-refractivity contribution in [2.24, 2.45) is 5.41 Å². The maximum absolute atomic E-state index is 11.5. The van der Waals surface area contributed by atoms with Gasteiger partial charge in [0.25, 0.3) is 0 Å². The number of hydrogen-bond donors (Lipinski definition) is 1. The number of methoxy groups -OCH3 is 2. The zero-order valence-corrected chi connectivity index (χ0v) is 23.8. The predicted molar refractivity (Wildman–Crippen MR) is 161 cm³/mol. The predicted octanol–water partition coefficient (Wildman–Crippen LogP) is 9.66. The van der Waals surface area contributed by atoms with Crippen LogP contribution in [0.15, 0.2) is 66.7 Å². The molecule has 0 bridgehead atoms. The van der Waals surface area contributed by atoms with E-state index >= 15 is 0 Å². The Bertz CT molecular complexity index is 1500. The Morgan fingerprint density at radius 1 is 0.718 bits per heavy atom. The number of hydrogen-bond acceptors (Lipinski definition) is 3. The summed E-state index contributed by atoms with van der Waals surface area (Å²) in [6, 6.07) is 23.4. The summed E-state index contributed by atoms with van der Waals surface area (Å²) in [5.74, 6) is 1.92. The third kappa shape index (κ3) is 4.01. The van der Waals surface area contributed by atoms with Gasteiger partial charge in [0.2, 0.25) is 0 Å². The summed E-state index contributed by atoms with van der Waals surface area (Å²) in [6.07, 6.45) is 9.93. The number of phenolic OH excluding ortho intramolecular Hbond substituents is 1. The number of phenols is 1. The van der Waals surface area contributed by atoms with Crippen LogP contribution in [0, 0.1) is 5.41 Å². The fourth-order valence-electron chi connectivity index (χ4n) is 7.96. The molecule has 0 aromatic heterocycles. The van der Waals surface area contributed by atoms with E-state index in [0.29, 0.717) is 11.2 Å². The van der Waals surface area contributed by atoms with Gasteiger partial charge in [-0.3, -0.25) is 0 Å². The average molecular weight is 521 g/mol. The summed E-state index contributed by atoms with van der Waals surface area (Å²) < 4.78 is 11.2. The monoisotopic (exact) mass is 520 g/mol. The molecule has 1 spiro atoms. The van der Waals surface area contributed by atoms with E-state index in [2.05, 4.69) is 62.4 Å². The fraction of sp³-hybridized carbons (Fsp3) is 0.389. The standard InChI is InChI=1S/C36H40O3/c1-5-15-35(16-6-2)17-19-36(20-18-35)30-10-8-7-9-26(30)34-29-21-27(24-11-13-25(38-3)14-12-24)33(39-4)22-28(29)32(37)23-31(34)36/h7-14,21-23,37H,5-6,15-20H2,1-4H3. The molecule has 0 atom stereocenters. The first-order valence-corrected chi connectivity index (χ1v) is 14.6. The Balaban J connectivity index is 1.56. The van der Waals surface area contributed by atoms with E-state index in [0.717, 1.165) is 46.2 Å². The number of benzene rings is 4. The molecule has 2 aliphatic rings. The highest BCUT2D eigenvalue weighted by molar-refractivity contribution is 6.07. The summed E-state index contributed by atoms with van der Waals surface area (Å²) in [6.45, 7) is 4.67. The van der Waals surface area contributed by atoms with Crippen LogP contribution < -0.4 is 9.47 Å². The van der Waals surface area contributed by atoms with Gasteiger partial charge in [-0.25, -0.2) is 0 Å². The van der Waals surface area contributed by atoms with E-state index in [9.17, 15) is 5.11 Å². The summed E-state index contributed by atoms with van der Waals surface area (Å²) >= 11 is 0. The number of rotatable bonds is 7. The number of aromatic hydroxyl groups is 1. The maximum atomic E-state index is 11.5. The van der Waals surface area contributed by atoms with Gasteiger partial charge in [-0.05, 0) is 107 Å². The van der Waals surface area contributed by atoms with Gasteiger partial charge in [-0.2, -0.15) is 0 Å². The first-order valence-electron chi connectivity index (χ1n) is 14.6. The highest BCUT2D eigenvalue weighted by atomic mass is 16.5. The second-order valence-electron chi connectivity index (χ2n) is 11.8. The minimum atomic E-state index is -0.0389. The van der Waals surface area contributed by atoms with Crippen molar-refractivity contribution in [1.29, 1.82) is 0 Å². The first-order chi connectivity index (χ1) is 19.0. The number of fused-ring (bicyclic) bond motifs is 7. The molecule has 0 aliphatic heterocycles. The van der Waals surface area contributed by atoms with Gasteiger partial charge in [0, 0.05) is 16.4 Å². The van der Waals surface area contributed by atoms with Gasteiger partial charge in [0.1, 0.15) is 17.2 Å². The van der Waals surface area contributed by atoms with Crippen LogP contribution in [0.1, 0.15) is 76.3 Å². The minimum Gasteiger partial charge on any atom is -0.507 e. The lowest BCUT2D eigenvalue weighted by atomic mass is 9.58. The highest BCUT2D eigenvalue weighted by Crippen LogP contribution is 2.62. The lowest BCUT2D eigenvalue weighted by Crippen LogP contribution is -2.37. The molecule has 0 radical (unpaired) electrons. The summed E-state index contributed by atoms with van der Waals surface area (Å²) in [7, 11) is 3.38. The van der Waals surface area contributed by atoms with Crippen LogP contribution in [0.25, 0.3) is 33.0 Å². The lowest BCUT2D eigenvalue weighted by Gasteiger charge is -2.46. The molecular weight excluding hydrogens is 480 g/mol. The van der Waals surface area contributed by atoms with Crippen LogP contribution in [-0.2, 0) is 5.41 Å². The minimum absolute atomic E-state index is 0.0389. The van der Waals surface area contributed by atoms with Crippen LogP contribution in [0.4, 0.5) is 0 Å². The molecule has 4 aromatic rings. The second kappa shape index (κ2) is 9.93. The molecule has 0 amide bonds. The quantitative estimate of drug-likeness (QED) is 0.264. The van der Waals surface area contributed by atoms with Crippen molar-refractivity contribution in [2.45, 2.75) is 70.6 Å². The van der Waals surface area contributed by atoms with Crippen LogP contribution in [0.3, 0.4) is 0 Å². The summed E-state index contributed by atoms with van der Waals surface area (Å²) in [5, 5.41) is 13.4. The molecule has 1 N–H and O–H groups in total. The zero-order valence-electron chi connectivity index (χ0n) is 23.8. The Labute approximate surface area is 232 Å². The largest absolute Gasteiger partial charge is 0.507 e. The van der Waals surface area contributed by atoms with Crippen molar-refractivity contribution in [3.8, 4) is 39.5 Å². The molecule has 1 saturated carbocycles. The van der Waals surface area contributed by atoms with Gasteiger partial charge in [0.15, 0.2) is 0 Å². The van der Waals surface area contributed by atoms with Crippen molar-refractivity contribution >= 4 is 10.8 Å². The van der Waals surface area contributed by atoms with E-state index in [1.54, 1.807) is 14.2 Å². The molecule has 202 valence electrons. The molecule has 4 aromatic carbocycles. The molecular formula is C36H40O3. The van der Waals surface area contributed by atoms with Gasteiger partial charge in [0.05, 0.1) is 14.2 Å². The topological polar surface area (TPSA) is 38.7 Å². The molecule has 3 nitrogen and oxygen atoms in total. The molecule has 3 heteroatoms. The van der Waals surface area contributed by atoms with Crippen molar-refractivity contribution in [3.05, 3.63) is 77.9 Å². The number of ether oxygens (including phenoxy) is 2. The summed E-state index contributed by atoms with van der Waals surface area (Å²) in [5.41, 5.74) is 7.86. The molecule has 0 unspecified atom stereocenters. The van der Waals surface area contributed by atoms with Gasteiger partial charge in [-0.15, -0.1) is 0 Å². The lowest BCUT2D eigenvalue weighted by molar-refractivity contribution is 0.119. The van der Waals surface area contributed by atoms with Gasteiger partial charge < -0.3 is 14.6 Å². The van der Waals surface area contributed by atoms with Crippen LogP contribution in [0.5, 0.6) is 17.2 Å². The SMILES string of the molecule is CCCC1(CCC)CCC2(CC1)c1ccccc1-c1c2cc(O)c2cc(OC)c(-c3ccc(OC)cc3)cc12. The summed E-state index contributed by atoms with van der Waals surface area (Å²) in [4.78, 5) is 0. The molecule has 0 saturated heterocycles. The van der Waals surface area contributed by atoms with E-state index < -0.39 is 0 Å². The van der Waals surface area contributed by atoms with Crippen LogP contribution in [-0.4, -0.2) is 19.3 Å². The first kappa shape index (κ1) is 25.8. The van der Waals surface area contributed by atoms with E-state index in [4.69, 9.17) is 9.47 Å². The highest BCUT2D eigenvalue weighted by Gasteiger charge is 2.49. The van der Waals surface area contributed by atoms with Crippen LogP contribution in [0.2, 0.25) is 0 Å². The third-order valence-corrected chi connectivity index (χ3v) is 9.79. The fourth-order valence-corrected chi connectivity index (χ4v) is 7.96. The zero-order chi connectivity index (χ0) is 27.2. The van der Waals surface area contributed by atoms with Gasteiger partial charge >= 0.3 is 0 Å². The normalized spacial score (nSPS) is 16.7. The van der Waals surface area contributed by atoms with E-state index in [1.807, 2.05) is 18.2 Å². The Morgan fingerprint density at radius 3 is 2.05 bits per heavy atom. The second-order valence-corrected chi connectivity index (χ2v) is 11.8. The Hall–Kier alpha value is -3.46. The van der Waals surface area contributed by atoms with E-state index in [-0.39, 0.29) is 5.41 Å². The third-order valence-electron chi connectivity index (χ3n) is 9.79. The maximum Gasteiger partial charge on any atom is 0.127 e. The van der Waals surface area contributed by atoms with Crippen molar-refractivity contribution in [3.63, 3.8) is 0 Å². The van der Waals surface area contributed by atoms with E-state index in [1.165, 1.54) is 60.8 Å². The molecule has 6 rings (SSSR count). The molecule has 39 heavy (non-hydrogen) atoms. The average Bonchev–Trinajstić information content (AvgIpc) is 3.23. The molecule has 2 aliphatic carbocycles. The smallest absolute Gasteiger partial charge is 0.127 e. The van der Waals surface area contributed by atoms with Crippen molar-refractivity contribution < 1.29 is 14.6 Å². The Morgan fingerprint density at radius 2 is 1.41 bits per heavy atom. The molecule has 0 heterocycles. The van der Waals surface area contributed by atoms with Crippen LogP contribution >= 0.6 is 0 Å². The van der Waals surface area contributed by atoms with Crippen molar-refractivity contribution in [2.75, 3.05) is 14.2 Å².